The van der Waals surface area contributed by atoms with Gasteiger partial charge in [0.25, 0.3) is 0 Å². The molecule has 1 aromatic heterocycles. The van der Waals surface area contributed by atoms with Crippen LogP contribution in [0.3, 0.4) is 0 Å². The summed E-state index contributed by atoms with van der Waals surface area (Å²) in [6, 6.07) is 0. The third-order valence-corrected chi connectivity index (χ3v) is 2.34. The lowest BCUT2D eigenvalue weighted by Gasteiger charge is -2.10. The first-order valence-corrected chi connectivity index (χ1v) is 4.85. The average molecular weight is 245 g/mol. The molecule has 0 saturated carbocycles. The van der Waals surface area contributed by atoms with Crippen LogP contribution in [0.25, 0.3) is 0 Å². The molecule has 1 aliphatic rings. The quantitative estimate of drug-likeness (QED) is 0.790. The summed E-state index contributed by atoms with van der Waals surface area (Å²) < 4.78 is 11.5. The zero-order valence-electron chi connectivity index (χ0n) is 6.94. The second-order valence-electron chi connectivity index (χ2n) is 2.78. The standard InChI is InChI=1S/C8H9BrN2O2/c9-7-3-10-5-11-8(7)13-6-1-2-12-4-6/h3,5-6H,1-2,4H2/t6-/m0/s1. The van der Waals surface area contributed by atoms with E-state index in [4.69, 9.17) is 9.47 Å². The van der Waals surface area contributed by atoms with Crippen molar-refractivity contribution in [1.29, 1.82) is 0 Å². The maximum atomic E-state index is 5.58. The number of halogens is 1. The van der Waals surface area contributed by atoms with Crippen LogP contribution in [0.1, 0.15) is 6.42 Å². The van der Waals surface area contributed by atoms with Crippen molar-refractivity contribution in [2.75, 3.05) is 13.2 Å². The van der Waals surface area contributed by atoms with E-state index in [-0.39, 0.29) is 6.10 Å². The predicted molar refractivity (Wildman–Crippen MR) is 49.6 cm³/mol. The van der Waals surface area contributed by atoms with Crippen LogP contribution in [0, 0.1) is 0 Å². The van der Waals surface area contributed by atoms with E-state index in [0.717, 1.165) is 17.5 Å². The normalized spacial score (nSPS) is 21.8. The Labute approximate surface area is 84.4 Å². The van der Waals surface area contributed by atoms with Gasteiger partial charge in [0.15, 0.2) is 0 Å². The van der Waals surface area contributed by atoms with Crippen molar-refractivity contribution >= 4 is 15.9 Å². The summed E-state index contributed by atoms with van der Waals surface area (Å²) >= 11 is 3.31. The van der Waals surface area contributed by atoms with Crippen LogP contribution in [0.15, 0.2) is 17.0 Å². The van der Waals surface area contributed by atoms with Gasteiger partial charge in [-0.05, 0) is 15.9 Å². The molecular weight excluding hydrogens is 236 g/mol. The highest BCUT2D eigenvalue weighted by Crippen LogP contribution is 2.22. The number of hydrogen-bond acceptors (Lipinski definition) is 4. The zero-order valence-corrected chi connectivity index (χ0v) is 8.53. The van der Waals surface area contributed by atoms with Gasteiger partial charge < -0.3 is 9.47 Å². The molecule has 0 aromatic carbocycles. The molecule has 0 bridgehead atoms. The van der Waals surface area contributed by atoms with Crippen molar-refractivity contribution in [3.05, 3.63) is 17.0 Å². The van der Waals surface area contributed by atoms with Crippen molar-refractivity contribution in [1.82, 2.24) is 9.97 Å². The second kappa shape index (κ2) is 4.02. The van der Waals surface area contributed by atoms with Crippen molar-refractivity contribution in [2.45, 2.75) is 12.5 Å². The lowest BCUT2D eigenvalue weighted by molar-refractivity contribution is 0.137. The van der Waals surface area contributed by atoms with Crippen molar-refractivity contribution in [3.8, 4) is 5.88 Å². The topological polar surface area (TPSA) is 44.2 Å². The maximum absolute atomic E-state index is 5.58. The Morgan fingerprint density at radius 2 is 2.54 bits per heavy atom. The summed E-state index contributed by atoms with van der Waals surface area (Å²) in [5.74, 6) is 0.588. The Kier molecular flexibility index (Phi) is 2.75. The summed E-state index contributed by atoms with van der Waals surface area (Å²) in [5, 5.41) is 0. The monoisotopic (exact) mass is 244 g/mol. The summed E-state index contributed by atoms with van der Waals surface area (Å²) in [5.41, 5.74) is 0. The molecule has 0 radical (unpaired) electrons. The smallest absolute Gasteiger partial charge is 0.231 e. The minimum absolute atomic E-state index is 0.131. The molecule has 5 heteroatoms. The van der Waals surface area contributed by atoms with Gasteiger partial charge in [0.1, 0.15) is 12.4 Å². The molecule has 1 fully saturated rings. The molecule has 1 aliphatic heterocycles. The van der Waals surface area contributed by atoms with Crippen molar-refractivity contribution < 1.29 is 9.47 Å². The van der Waals surface area contributed by atoms with Gasteiger partial charge in [0.05, 0.1) is 17.7 Å². The molecule has 2 heterocycles. The highest BCUT2D eigenvalue weighted by Gasteiger charge is 2.18. The van der Waals surface area contributed by atoms with Crippen molar-refractivity contribution in [2.24, 2.45) is 0 Å². The number of nitrogens with zero attached hydrogens (tertiary/aromatic N) is 2. The summed E-state index contributed by atoms with van der Waals surface area (Å²) in [6.45, 7) is 1.42. The SMILES string of the molecule is Brc1cncnc1O[C@H]1CCOC1. The molecule has 0 unspecified atom stereocenters. The van der Waals surface area contributed by atoms with E-state index in [1.54, 1.807) is 6.20 Å². The van der Waals surface area contributed by atoms with Gasteiger partial charge in [-0.1, -0.05) is 0 Å². The summed E-state index contributed by atoms with van der Waals surface area (Å²) in [6.07, 6.45) is 4.19. The Balaban J connectivity index is 2.04. The zero-order chi connectivity index (χ0) is 9.10. The van der Waals surface area contributed by atoms with Gasteiger partial charge in [-0.25, -0.2) is 9.97 Å². The largest absolute Gasteiger partial charge is 0.471 e. The number of aromatic nitrogens is 2. The van der Waals surface area contributed by atoms with Crippen LogP contribution in [0.4, 0.5) is 0 Å². The van der Waals surface area contributed by atoms with E-state index in [0.29, 0.717) is 12.5 Å². The molecule has 0 spiro atoms. The van der Waals surface area contributed by atoms with E-state index in [1.807, 2.05) is 0 Å². The first-order chi connectivity index (χ1) is 6.36. The fraction of sp³-hybridized carbons (Fsp3) is 0.500. The third kappa shape index (κ3) is 2.16. The lowest BCUT2D eigenvalue weighted by Crippen LogP contribution is -2.16. The molecule has 1 saturated heterocycles. The third-order valence-electron chi connectivity index (χ3n) is 1.80. The van der Waals surface area contributed by atoms with Crippen LogP contribution in [-0.2, 0) is 4.74 Å². The first-order valence-electron chi connectivity index (χ1n) is 4.06. The molecule has 0 amide bonds. The summed E-state index contributed by atoms with van der Waals surface area (Å²) in [4.78, 5) is 7.86. The average Bonchev–Trinajstić information content (AvgIpc) is 2.61. The van der Waals surface area contributed by atoms with E-state index in [2.05, 4.69) is 25.9 Å². The Hall–Kier alpha value is -0.680. The molecule has 70 valence electrons. The summed E-state index contributed by atoms with van der Waals surface area (Å²) in [7, 11) is 0. The minimum Gasteiger partial charge on any atom is -0.471 e. The van der Waals surface area contributed by atoms with Crippen LogP contribution in [-0.4, -0.2) is 29.3 Å². The molecule has 2 rings (SSSR count). The first kappa shape index (κ1) is 8.90. The highest BCUT2D eigenvalue weighted by molar-refractivity contribution is 9.10. The van der Waals surface area contributed by atoms with Crippen molar-refractivity contribution in [3.63, 3.8) is 0 Å². The van der Waals surface area contributed by atoms with Gasteiger partial charge in [-0.3, -0.25) is 0 Å². The highest BCUT2D eigenvalue weighted by atomic mass is 79.9. The van der Waals surface area contributed by atoms with E-state index in [1.165, 1.54) is 6.33 Å². The molecule has 0 N–H and O–H groups in total. The lowest BCUT2D eigenvalue weighted by atomic mass is 10.3. The molecule has 1 aromatic rings. The van der Waals surface area contributed by atoms with E-state index >= 15 is 0 Å². The minimum atomic E-state index is 0.131. The van der Waals surface area contributed by atoms with Crippen LogP contribution in [0.2, 0.25) is 0 Å². The molecule has 4 nitrogen and oxygen atoms in total. The Morgan fingerprint density at radius 3 is 3.23 bits per heavy atom. The van der Waals surface area contributed by atoms with Crippen LogP contribution < -0.4 is 4.74 Å². The van der Waals surface area contributed by atoms with Gasteiger partial charge in [-0.2, -0.15) is 0 Å². The maximum Gasteiger partial charge on any atom is 0.231 e. The molecule has 1 atom stereocenters. The Bertz CT molecular complexity index is 289. The van der Waals surface area contributed by atoms with Gasteiger partial charge >= 0.3 is 0 Å². The van der Waals surface area contributed by atoms with Gasteiger partial charge in [-0.15, -0.1) is 0 Å². The molecular formula is C8H9BrN2O2. The fourth-order valence-corrected chi connectivity index (χ4v) is 1.47. The van der Waals surface area contributed by atoms with Crippen LogP contribution in [0.5, 0.6) is 5.88 Å². The van der Waals surface area contributed by atoms with Gasteiger partial charge in [0, 0.05) is 12.6 Å². The van der Waals surface area contributed by atoms with Gasteiger partial charge in [0.2, 0.25) is 5.88 Å². The predicted octanol–water partition coefficient (Wildman–Crippen LogP) is 1.41. The number of ether oxygens (including phenoxy) is 2. The molecule has 13 heavy (non-hydrogen) atoms. The number of rotatable bonds is 2. The Morgan fingerprint density at radius 1 is 1.62 bits per heavy atom. The fourth-order valence-electron chi connectivity index (χ4n) is 1.15. The second-order valence-corrected chi connectivity index (χ2v) is 3.63. The van der Waals surface area contributed by atoms with E-state index < -0.39 is 0 Å². The molecule has 0 aliphatic carbocycles. The van der Waals surface area contributed by atoms with E-state index in [9.17, 15) is 0 Å². The van der Waals surface area contributed by atoms with Crippen LogP contribution >= 0.6 is 15.9 Å². The number of hydrogen-bond donors (Lipinski definition) is 0.